The number of fused-ring (bicyclic) bond motifs is 1. The summed E-state index contributed by atoms with van der Waals surface area (Å²) < 4.78 is 26.1. The van der Waals surface area contributed by atoms with E-state index in [1.54, 1.807) is 0 Å². The second kappa shape index (κ2) is 3.41. The summed E-state index contributed by atoms with van der Waals surface area (Å²) in [5.41, 5.74) is -1.69. The van der Waals surface area contributed by atoms with E-state index in [0.717, 1.165) is 12.1 Å². The Bertz CT molecular complexity index is 648. The average molecular weight is 225 g/mol. The average Bonchev–Trinajstić information content (AvgIpc) is 2.18. The van der Waals surface area contributed by atoms with Crippen LogP contribution in [-0.2, 0) is 0 Å². The van der Waals surface area contributed by atoms with Crippen LogP contribution in [-0.4, -0.2) is 16.1 Å². The number of benzene rings is 1. The van der Waals surface area contributed by atoms with Gasteiger partial charge < -0.3 is 10.1 Å². The molecular weight excluding hydrogens is 220 g/mol. The molecule has 0 aliphatic rings. The quantitative estimate of drug-likeness (QED) is 0.772. The van der Waals surface area contributed by atoms with Crippen molar-refractivity contribution in [2.24, 2.45) is 0 Å². The van der Waals surface area contributed by atoms with Crippen molar-refractivity contribution < 1.29 is 18.7 Å². The lowest BCUT2D eigenvalue weighted by Gasteiger charge is -2.01. The number of aromatic carboxylic acids is 1. The number of pyridine rings is 1. The summed E-state index contributed by atoms with van der Waals surface area (Å²) in [4.78, 5) is 23.9. The molecule has 2 aromatic rings. The number of aromatic amines is 1. The maximum Gasteiger partial charge on any atom is 0.341 e. The number of aromatic nitrogens is 1. The van der Waals surface area contributed by atoms with E-state index in [0.29, 0.717) is 6.07 Å². The van der Waals surface area contributed by atoms with Gasteiger partial charge in [-0.15, -0.1) is 0 Å². The van der Waals surface area contributed by atoms with Crippen LogP contribution in [0.15, 0.2) is 23.0 Å². The van der Waals surface area contributed by atoms with E-state index in [1.165, 1.54) is 0 Å². The first-order chi connectivity index (χ1) is 7.49. The zero-order chi connectivity index (χ0) is 11.9. The van der Waals surface area contributed by atoms with Crippen LogP contribution in [0.3, 0.4) is 0 Å². The lowest BCUT2D eigenvalue weighted by molar-refractivity contribution is 0.0695. The van der Waals surface area contributed by atoms with Crippen molar-refractivity contribution in [3.05, 3.63) is 45.8 Å². The van der Waals surface area contributed by atoms with Gasteiger partial charge in [0, 0.05) is 11.5 Å². The molecule has 4 nitrogen and oxygen atoms in total. The SMILES string of the molecule is O=C(O)c1cc2cc(F)cc(F)c2[nH]c1=O. The fraction of sp³-hybridized carbons (Fsp3) is 0. The van der Waals surface area contributed by atoms with E-state index in [9.17, 15) is 18.4 Å². The molecule has 2 rings (SSSR count). The summed E-state index contributed by atoms with van der Waals surface area (Å²) in [5, 5.41) is 8.65. The van der Waals surface area contributed by atoms with E-state index in [1.807, 2.05) is 0 Å². The zero-order valence-corrected chi connectivity index (χ0v) is 7.75. The number of hydrogen-bond acceptors (Lipinski definition) is 2. The number of H-pyrrole nitrogens is 1. The Balaban J connectivity index is 2.90. The number of carboxylic acid groups (broad SMARTS) is 1. The molecule has 0 saturated heterocycles. The molecule has 2 N–H and O–H groups in total. The van der Waals surface area contributed by atoms with Crippen molar-refractivity contribution in [2.45, 2.75) is 0 Å². The normalized spacial score (nSPS) is 10.6. The van der Waals surface area contributed by atoms with E-state index >= 15 is 0 Å². The smallest absolute Gasteiger partial charge is 0.341 e. The minimum atomic E-state index is -1.45. The topological polar surface area (TPSA) is 70.2 Å². The molecule has 82 valence electrons. The van der Waals surface area contributed by atoms with E-state index in [4.69, 9.17) is 5.11 Å². The van der Waals surface area contributed by atoms with Gasteiger partial charge in [0.1, 0.15) is 17.2 Å². The van der Waals surface area contributed by atoms with Gasteiger partial charge >= 0.3 is 5.97 Å². The van der Waals surface area contributed by atoms with Crippen molar-refractivity contribution in [3.63, 3.8) is 0 Å². The number of nitrogens with one attached hydrogen (secondary N) is 1. The highest BCUT2D eigenvalue weighted by Gasteiger charge is 2.12. The molecular formula is C10H5F2NO3. The number of hydrogen-bond donors (Lipinski definition) is 2. The first-order valence-corrected chi connectivity index (χ1v) is 4.24. The lowest BCUT2D eigenvalue weighted by atomic mass is 10.1. The molecule has 0 radical (unpaired) electrons. The van der Waals surface area contributed by atoms with Crippen LogP contribution >= 0.6 is 0 Å². The van der Waals surface area contributed by atoms with Crippen molar-refractivity contribution in [1.29, 1.82) is 0 Å². The van der Waals surface area contributed by atoms with Crippen LogP contribution in [0.5, 0.6) is 0 Å². The molecule has 0 saturated carbocycles. The zero-order valence-electron chi connectivity index (χ0n) is 7.75. The van der Waals surface area contributed by atoms with Crippen molar-refractivity contribution >= 4 is 16.9 Å². The molecule has 1 aromatic heterocycles. The molecule has 0 aliphatic heterocycles. The lowest BCUT2D eigenvalue weighted by Crippen LogP contribution is -2.17. The molecule has 6 heteroatoms. The fourth-order valence-corrected chi connectivity index (χ4v) is 1.40. The summed E-state index contributed by atoms with van der Waals surface area (Å²) in [7, 11) is 0. The molecule has 0 atom stereocenters. The third-order valence-corrected chi connectivity index (χ3v) is 2.10. The maximum absolute atomic E-state index is 13.2. The predicted molar refractivity (Wildman–Crippen MR) is 51.4 cm³/mol. The highest BCUT2D eigenvalue weighted by atomic mass is 19.1. The minimum Gasteiger partial charge on any atom is -0.477 e. The number of carboxylic acids is 1. The van der Waals surface area contributed by atoms with E-state index in [-0.39, 0.29) is 10.9 Å². The van der Waals surface area contributed by atoms with Gasteiger partial charge in [-0.2, -0.15) is 0 Å². The molecule has 0 spiro atoms. The highest BCUT2D eigenvalue weighted by Crippen LogP contribution is 2.16. The Hall–Kier alpha value is -2.24. The third kappa shape index (κ3) is 1.54. The Morgan fingerprint density at radius 1 is 1.25 bits per heavy atom. The summed E-state index contributed by atoms with van der Waals surface area (Å²) in [5.74, 6) is -3.23. The second-order valence-electron chi connectivity index (χ2n) is 3.17. The summed E-state index contributed by atoms with van der Waals surface area (Å²) >= 11 is 0. The molecule has 1 heterocycles. The molecule has 16 heavy (non-hydrogen) atoms. The molecule has 0 amide bonds. The summed E-state index contributed by atoms with van der Waals surface area (Å²) in [6.07, 6.45) is 0. The number of carbonyl (C=O) groups is 1. The number of halogens is 2. The fourth-order valence-electron chi connectivity index (χ4n) is 1.40. The van der Waals surface area contributed by atoms with Crippen LogP contribution in [0.4, 0.5) is 8.78 Å². The van der Waals surface area contributed by atoms with Crippen molar-refractivity contribution in [3.8, 4) is 0 Å². The van der Waals surface area contributed by atoms with E-state index < -0.39 is 28.7 Å². The third-order valence-electron chi connectivity index (χ3n) is 2.10. The minimum absolute atomic E-state index is 0.00509. The van der Waals surface area contributed by atoms with Gasteiger partial charge in [-0.05, 0) is 12.1 Å². The van der Waals surface area contributed by atoms with Crippen LogP contribution in [0, 0.1) is 11.6 Å². The Labute approximate surface area is 87.1 Å². The van der Waals surface area contributed by atoms with Gasteiger partial charge in [0.05, 0.1) is 5.52 Å². The summed E-state index contributed by atoms with van der Waals surface area (Å²) in [6, 6.07) is 2.49. The van der Waals surface area contributed by atoms with Crippen molar-refractivity contribution in [1.82, 2.24) is 4.98 Å². The van der Waals surface area contributed by atoms with Crippen LogP contribution in [0.25, 0.3) is 10.9 Å². The van der Waals surface area contributed by atoms with Crippen LogP contribution in [0.2, 0.25) is 0 Å². The van der Waals surface area contributed by atoms with Gasteiger partial charge in [-0.25, -0.2) is 13.6 Å². The first kappa shape index (κ1) is 10.3. The Morgan fingerprint density at radius 3 is 2.56 bits per heavy atom. The molecule has 0 fully saturated rings. The van der Waals surface area contributed by atoms with Gasteiger partial charge in [-0.3, -0.25) is 4.79 Å². The van der Waals surface area contributed by atoms with Crippen LogP contribution < -0.4 is 5.56 Å². The molecule has 0 aliphatic carbocycles. The second-order valence-corrected chi connectivity index (χ2v) is 3.17. The highest BCUT2D eigenvalue weighted by molar-refractivity contribution is 5.92. The van der Waals surface area contributed by atoms with Crippen molar-refractivity contribution in [2.75, 3.05) is 0 Å². The van der Waals surface area contributed by atoms with E-state index in [2.05, 4.69) is 4.98 Å². The van der Waals surface area contributed by atoms with Gasteiger partial charge in [-0.1, -0.05) is 0 Å². The van der Waals surface area contributed by atoms with Gasteiger partial charge in [0.2, 0.25) is 0 Å². The molecule has 1 aromatic carbocycles. The maximum atomic E-state index is 13.2. The largest absolute Gasteiger partial charge is 0.477 e. The molecule has 0 bridgehead atoms. The Morgan fingerprint density at radius 2 is 1.94 bits per heavy atom. The Kier molecular flexibility index (Phi) is 2.19. The van der Waals surface area contributed by atoms with Crippen LogP contribution in [0.1, 0.15) is 10.4 Å². The summed E-state index contributed by atoms with van der Waals surface area (Å²) in [6.45, 7) is 0. The predicted octanol–water partition coefficient (Wildman–Crippen LogP) is 1.50. The van der Waals surface area contributed by atoms with Gasteiger partial charge in [0.15, 0.2) is 0 Å². The molecule has 0 unspecified atom stereocenters. The number of rotatable bonds is 1. The van der Waals surface area contributed by atoms with Gasteiger partial charge in [0.25, 0.3) is 5.56 Å². The standard InChI is InChI=1S/C10H5F2NO3/c11-5-1-4-2-6(10(15)16)9(14)13-8(4)7(12)3-5/h1-3H,(H,13,14)(H,15,16). The first-order valence-electron chi connectivity index (χ1n) is 4.24. The monoisotopic (exact) mass is 225 g/mol.